The third-order valence-electron chi connectivity index (χ3n) is 3.33. The summed E-state index contributed by atoms with van der Waals surface area (Å²) >= 11 is 0. The number of ketones is 1. The van der Waals surface area contributed by atoms with Crippen LogP contribution in [0.2, 0.25) is 0 Å². The molecule has 0 rings (SSSR count). The van der Waals surface area contributed by atoms with Crippen LogP contribution < -0.4 is 5.32 Å². The highest BCUT2D eigenvalue weighted by molar-refractivity contribution is 5.82. The minimum atomic E-state index is -0.367. The van der Waals surface area contributed by atoms with Gasteiger partial charge < -0.3 is 5.32 Å². The van der Waals surface area contributed by atoms with E-state index in [2.05, 4.69) is 26.1 Å². The predicted molar refractivity (Wildman–Crippen MR) is 79.9 cm³/mol. The lowest BCUT2D eigenvalue weighted by Crippen LogP contribution is -2.37. The second-order valence-electron chi connectivity index (χ2n) is 8.30. The first-order chi connectivity index (χ1) is 8.25. The lowest BCUT2D eigenvalue weighted by molar-refractivity contribution is -0.129. The maximum absolute atomic E-state index is 12.0. The predicted octanol–water partition coefficient (Wildman–Crippen LogP) is 3.57. The molecule has 0 radical (unpaired) electrons. The second-order valence-corrected chi connectivity index (χ2v) is 8.30. The summed E-state index contributed by atoms with van der Waals surface area (Å²) in [6.07, 6.45) is 1.18. The molecule has 0 aromatic rings. The molecule has 0 heterocycles. The zero-order chi connectivity index (χ0) is 15.5. The first-order valence-corrected chi connectivity index (χ1v) is 7.03. The number of amides is 1. The monoisotopic (exact) mass is 269 g/mol. The summed E-state index contributed by atoms with van der Waals surface area (Å²) in [6, 6.07) is 0. The Labute approximate surface area is 118 Å². The summed E-state index contributed by atoms with van der Waals surface area (Å²) in [4.78, 5) is 23.6. The Morgan fingerprint density at radius 1 is 0.947 bits per heavy atom. The van der Waals surface area contributed by atoms with Gasteiger partial charge in [-0.3, -0.25) is 9.59 Å². The molecule has 0 spiro atoms. The summed E-state index contributed by atoms with van der Waals surface area (Å²) < 4.78 is 0. The number of rotatable bonds is 6. The molecule has 3 heteroatoms. The van der Waals surface area contributed by atoms with Crippen molar-refractivity contribution in [3.05, 3.63) is 0 Å². The van der Waals surface area contributed by atoms with Gasteiger partial charge in [0.05, 0.1) is 0 Å². The Kier molecular flexibility index (Phi) is 5.79. The number of carbonyl (C=O) groups is 2. The van der Waals surface area contributed by atoms with Crippen LogP contribution in [0.5, 0.6) is 0 Å². The molecule has 1 amide bonds. The van der Waals surface area contributed by atoms with E-state index in [4.69, 9.17) is 0 Å². The molecule has 0 unspecified atom stereocenters. The SMILES string of the molecule is CC(=O)C(C)(C)CC(C)(C)CC(=O)NCC(C)(C)C. The fourth-order valence-corrected chi connectivity index (χ4v) is 2.24. The lowest BCUT2D eigenvalue weighted by atomic mass is 9.71. The van der Waals surface area contributed by atoms with Gasteiger partial charge in [0, 0.05) is 18.4 Å². The molecule has 0 saturated heterocycles. The van der Waals surface area contributed by atoms with Crippen LogP contribution in [0.15, 0.2) is 0 Å². The molecule has 0 atom stereocenters. The molecule has 19 heavy (non-hydrogen) atoms. The maximum Gasteiger partial charge on any atom is 0.220 e. The van der Waals surface area contributed by atoms with Crippen molar-refractivity contribution in [1.82, 2.24) is 5.32 Å². The smallest absolute Gasteiger partial charge is 0.220 e. The van der Waals surface area contributed by atoms with Crippen molar-refractivity contribution in [2.75, 3.05) is 6.54 Å². The van der Waals surface area contributed by atoms with Crippen LogP contribution in [0, 0.1) is 16.2 Å². The zero-order valence-corrected chi connectivity index (χ0v) is 13.9. The molecule has 0 bridgehead atoms. The van der Waals surface area contributed by atoms with Crippen molar-refractivity contribution in [3.8, 4) is 0 Å². The van der Waals surface area contributed by atoms with Crippen LogP contribution in [0.25, 0.3) is 0 Å². The molecule has 112 valence electrons. The molecule has 0 aromatic heterocycles. The van der Waals surface area contributed by atoms with Crippen molar-refractivity contribution in [2.24, 2.45) is 16.2 Å². The van der Waals surface area contributed by atoms with Crippen LogP contribution in [0.1, 0.15) is 68.2 Å². The van der Waals surface area contributed by atoms with E-state index in [-0.39, 0.29) is 27.9 Å². The van der Waals surface area contributed by atoms with E-state index in [9.17, 15) is 9.59 Å². The third kappa shape index (κ3) is 8.02. The van der Waals surface area contributed by atoms with Gasteiger partial charge in [0.15, 0.2) is 0 Å². The molecule has 0 saturated carbocycles. The molecule has 0 fully saturated rings. The van der Waals surface area contributed by atoms with E-state index in [1.807, 2.05) is 27.7 Å². The molecule has 0 aliphatic carbocycles. The van der Waals surface area contributed by atoms with Gasteiger partial charge in [-0.1, -0.05) is 48.5 Å². The van der Waals surface area contributed by atoms with Gasteiger partial charge >= 0.3 is 0 Å². The highest BCUT2D eigenvalue weighted by Gasteiger charge is 2.33. The van der Waals surface area contributed by atoms with E-state index >= 15 is 0 Å². The van der Waals surface area contributed by atoms with E-state index in [1.54, 1.807) is 6.92 Å². The van der Waals surface area contributed by atoms with Gasteiger partial charge in [-0.05, 0) is 24.2 Å². The van der Waals surface area contributed by atoms with Crippen molar-refractivity contribution in [2.45, 2.75) is 68.2 Å². The van der Waals surface area contributed by atoms with E-state index in [0.717, 1.165) is 6.42 Å². The average Bonchev–Trinajstić information content (AvgIpc) is 2.10. The van der Waals surface area contributed by atoms with E-state index < -0.39 is 0 Å². The molecule has 0 aromatic carbocycles. The minimum Gasteiger partial charge on any atom is -0.356 e. The highest BCUT2D eigenvalue weighted by atomic mass is 16.1. The number of Topliss-reactive ketones (excluding diaryl/α,β-unsaturated/α-hetero) is 1. The third-order valence-corrected chi connectivity index (χ3v) is 3.33. The summed E-state index contributed by atoms with van der Waals surface area (Å²) in [7, 11) is 0. The first kappa shape index (κ1) is 18.1. The van der Waals surface area contributed by atoms with Gasteiger partial charge in [-0.2, -0.15) is 0 Å². The van der Waals surface area contributed by atoms with Gasteiger partial charge in [-0.25, -0.2) is 0 Å². The van der Waals surface area contributed by atoms with Gasteiger partial charge in [0.1, 0.15) is 5.78 Å². The van der Waals surface area contributed by atoms with Crippen molar-refractivity contribution < 1.29 is 9.59 Å². The topological polar surface area (TPSA) is 46.2 Å². The van der Waals surface area contributed by atoms with Gasteiger partial charge in [0.25, 0.3) is 0 Å². The van der Waals surface area contributed by atoms with E-state index in [0.29, 0.717) is 13.0 Å². The Morgan fingerprint density at radius 3 is 1.79 bits per heavy atom. The standard InChI is InChI=1S/C16H31NO2/c1-12(18)16(7,8)10-15(5,6)9-13(19)17-11-14(2,3)4/h9-11H2,1-8H3,(H,17,19). The molecule has 3 nitrogen and oxygen atoms in total. The second kappa shape index (κ2) is 6.06. The first-order valence-electron chi connectivity index (χ1n) is 7.03. The summed E-state index contributed by atoms with van der Waals surface area (Å²) in [5.41, 5.74) is -0.441. The number of hydrogen-bond donors (Lipinski definition) is 1. The molecule has 1 N–H and O–H groups in total. The van der Waals surface area contributed by atoms with Crippen LogP contribution >= 0.6 is 0 Å². The highest BCUT2D eigenvalue weighted by Crippen LogP contribution is 2.36. The average molecular weight is 269 g/mol. The summed E-state index contributed by atoms with van der Waals surface area (Å²) in [5, 5.41) is 2.97. The normalized spacial score (nSPS) is 13.3. The van der Waals surface area contributed by atoms with Crippen molar-refractivity contribution in [1.29, 1.82) is 0 Å². The Balaban J connectivity index is 4.45. The van der Waals surface area contributed by atoms with Crippen LogP contribution in [0.3, 0.4) is 0 Å². The van der Waals surface area contributed by atoms with Crippen LogP contribution in [0.4, 0.5) is 0 Å². The summed E-state index contributed by atoms with van der Waals surface area (Å²) in [6.45, 7) is 16.6. The zero-order valence-electron chi connectivity index (χ0n) is 13.9. The Hall–Kier alpha value is -0.860. The Bertz CT molecular complexity index is 335. The van der Waals surface area contributed by atoms with E-state index in [1.165, 1.54) is 0 Å². The van der Waals surface area contributed by atoms with Crippen LogP contribution in [-0.4, -0.2) is 18.2 Å². The maximum atomic E-state index is 12.0. The molecular formula is C16H31NO2. The number of nitrogens with one attached hydrogen (secondary N) is 1. The van der Waals surface area contributed by atoms with Gasteiger partial charge in [-0.15, -0.1) is 0 Å². The van der Waals surface area contributed by atoms with Crippen molar-refractivity contribution in [3.63, 3.8) is 0 Å². The molecule has 0 aliphatic rings. The largest absolute Gasteiger partial charge is 0.356 e. The number of hydrogen-bond acceptors (Lipinski definition) is 2. The lowest BCUT2D eigenvalue weighted by Gasteiger charge is -2.33. The minimum absolute atomic E-state index is 0.0688. The molecular weight excluding hydrogens is 238 g/mol. The Morgan fingerprint density at radius 2 is 1.42 bits per heavy atom. The quantitative estimate of drug-likeness (QED) is 0.801. The van der Waals surface area contributed by atoms with Gasteiger partial charge in [0.2, 0.25) is 5.91 Å². The summed E-state index contributed by atoms with van der Waals surface area (Å²) in [5.74, 6) is 0.245. The van der Waals surface area contributed by atoms with Crippen LogP contribution in [-0.2, 0) is 9.59 Å². The fourth-order valence-electron chi connectivity index (χ4n) is 2.24. The molecule has 0 aliphatic heterocycles. The number of carbonyl (C=O) groups excluding carboxylic acids is 2. The van der Waals surface area contributed by atoms with Crippen molar-refractivity contribution >= 4 is 11.7 Å². The fraction of sp³-hybridized carbons (Fsp3) is 0.875.